The standard InChI is InChI=1S/C17H28N2/c1-14-12-15(2)16(3)19(13-14)11-7-10-18-17-8-5-4-6-9-17/h4-6,8-9,14-16,18H,7,10-13H2,1-3H3. The zero-order chi connectivity index (χ0) is 13.7. The molecular formula is C17H28N2. The van der Waals surface area contributed by atoms with Gasteiger partial charge in [-0.15, -0.1) is 0 Å². The lowest BCUT2D eigenvalue weighted by Gasteiger charge is -2.41. The third-order valence-electron chi connectivity index (χ3n) is 4.44. The highest BCUT2D eigenvalue weighted by molar-refractivity contribution is 5.42. The molecule has 0 bridgehead atoms. The molecule has 0 aromatic heterocycles. The van der Waals surface area contributed by atoms with Crippen LogP contribution in [0.3, 0.4) is 0 Å². The highest BCUT2D eigenvalue weighted by Gasteiger charge is 2.27. The summed E-state index contributed by atoms with van der Waals surface area (Å²) in [6, 6.07) is 11.2. The first-order valence-electron chi connectivity index (χ1n) is 7.70. The molecule has 1 aliphatic rings. The second kappa shape index (κ2) is 6.95. The first-order valence-corrected chi connectivity index (χ1v) is 7.70. The van der Waals surface area contributed by atoms with Crippen LogP contribution in [-0.4, -0.2) is 30.6 Å². The van der Waals surface area contributed by atoms with Crippen molar-refractivity contribution >= 4 is 5.69 Å². The van der Waals surface area contributed by atoms with Crippen LogP contribution < -0.4 is 5.32 Å². The molecule has 0 saturated carbocycles. The summed E-state index contributed by atoms with van der Waals surface area (Å²) < 4.78 is 0. The first kappa shape index (κ1) is 14.4. The van der Waals surface area contributed by atoms with Gasteiger partial charge < -0.3 is 10.2 Å². The van der Waals surface area contributed by atoms with Crippen LogP contribution in [0.1, 0.15) is 33.6 Å². The van der Waals surface area contributed by atoms with Gasteiger partial charge in [0.05, 0.1) is 0 Å². The van der Waals surface area contributed by atoms with E-state index in [0.29, 0.717) is 0 Å². The molecule has 1 N–H and O–H groups in total. The largest absolute Gasteiger partial charge is 0.385 e. The summed E-state index contributed by atoms with van der Waals surface area (Å²) in [5.74, 6) is 1.69. The summed E-state index contributed by atoms with van der Waals surface area (Å²) >= 11 is 0. The topological polar surface area (TPSA) is 15.3 Å². The van der Waals surface area contributed by atoms with Crippen LogP contribution in [0, 0.1) is 11.8 Å². The third kappa shape index (κ3) is 4.24. The van der Waals surface area contributed by atoms with Gasteiger partial charge in [0.1, 0.15) is 0 Å². The molecule has 1 heterocycles. The van der Waals surface area contributed by atoms with Crippen molar-refractivity contribution in [2.45, 2.75) is 39.7 Å². The molecule has 3 unspecified atom stereocenters. The van der Waals surface area contributed by atoms with Gasteiger partial charge in [-0.3, -0.25) is 0 Å². The van der Waals surface area contributed by atoms with Gasteiger partial charge in [-0.1, -0.05) is 32.0 Å². The molecule has 1 saturated heterocycles. The lowest BCUT2D eigenvalue weighted by Crippen LogP contribution is -2.46. The van der Waals surface area contributed by atoms with Crippen LogP contribution in [0.25, 0.3) is 0 Å². The molecule has 3 atom stereocenters. The van der Waals surface area contributed by atoms with Crippen LogP contribution >= 0.6 is 0 Å². The Morgan fingerprint density at radius 2 is 1.89 bits per heavy atom. The monoisotopic (exact) mass is 260 g/mol. The van der Waals surface area contributed by atoms with Gasteiger partial charge in [-0.2, -0.15) is 0 Å². The number of hydrogen-bond donors (Lipinski definition) is 1. The fourth-order valence-corrected chi connectivity index (χ4v) is 3.20. The van der Waals surface area contributed by atoms with E-state index in [9.17, 15) is 0 Å². The molecular weight excluding hydrogens is 232 g/mol. The Bertz CT molecular complexity index is 363. The second-order valence-corrected chi connectivity index (χ2v) is 6.20. The maximum absolute atomic E-state index is 3.49. The van der Waals surface area contributed by atoms with Crippen LogP contribution in [0.2, 0.25) is 0 Å². The Morgan fingerprint density at radius 3 is 2.63 bits per heavy atom. The van der Waals surface area contributed by atoms with E-state index in [4.69, 9.17) is 0 Å². The van der Waals surface area contributed by atoms with Crippen molar-refractivity contribution in [3.8, 4) is 0 Å². The van der Waals surface area contributed by atoms with E-state index in [-0.39, 0.29) is 0 Å². The molecule has 19 heavy (non-hydrogen) atoms. The fraction of sp³-hybridized carbons (Fsp3) is 0.647. The number of para-hydroxylation sites is 1. The van der Waals surface area contributed by atoms with E-state index >= 15 is 0 Å². The molecule has 2 rings (SSSR count). The molecule has 106 valence electrons. The highest BCUT2D eigenvalue weighted by Crippen LogP contribution is 2.26. The van der Waals surface area contributed by atoms with Crippen molar-refractivity contribution in [3.05, 3.63) is 30.3 Å². The maximum atomic E-state index is 3.49. The zero-order valence-corrected chi connectivity index (χ0v) is 12.6. The average Bonchev–Trinajstić information content (AvgIpc) is 2.41. The zero-order valence-electron chi connectivity index (χ0n) is 12.6. The van der Waals surface area contributed by atoms with Crippen molar-refractivity contribution in [1.82, 2.24) is 4.90 Å². The van der Waals surface area contributed by atoms with E-state index in [2.05, 4.69) is 61.3 Å². The lowest BCUT2D eigenvalue weighted by atomic mass is 9.86. The van der Waals surface area contributed by atoms with E-state index in [1.165, 1.54) is 31.6 Å². The SMILES string of the molecule is CC1CC(C)C(C)N(CCCNc2ccccc2)C1. The van der Waals surface area contributed by atoms with E-state index in [1.807, 2.05) is 0 Å². The molecule has 1 aliphatic heterocycles. The molecule has 0 spiro atoms. The van der Waals surface area contributed by atoms with Gasteiger partial charge in [0.15, 0.2) is 0 Å². The number of piperidine rings is 1. The molecule has 0 aliphatic carbocycles. The minimum Gasteiger partial charge on any atom is -0.385 e. The smallest absolute Gasteiger partial charge is 0.0340 e. The Balaban J connectivity index is 1.70. The number of rotatable bonds is 5. The quantitative estimate of drug-likeness (QED) is 0.809. The molecule has 2 nitrogen and oxygen atoms in total. The van der Waals surface area contributed by atoms with Crippen LogP contribution in [0.4, 0.5) is 5.69 Å². The number of likely N-dealkylation sites (tertiary alicyclic amines) is 1. The molecule has 1 aromatic rings. The summed E-state index contributed by atoms with van der Waals surface area (Å²) in [6.45, 7) is 10.7. The minimum absolute atomic E-state index is 0.743. The summed E-state index contributed by atoms with van der Waals surface area (Å²) in [7, 11) is 0. The van der Waals surface area contributed by atoms with Crippen molar-refractivity contribution in [2.75, 3.05) is 25.0 Å². The first-order chi connectivity index (χ1) is 9.16. The van der Waals surface area contributed by atoms with Crippen molar-refractivity contribution in [1.29, 1.82) is 0 Å². The summed E-state index contributed by atoms with van der Waals surface area (Å²) in [6.07, 6.45) is 2.61. The molecule has 1 aromatic carbocycles. The van der Waals surface area contributed by atoms with Crippen molar-refractivity contribution in [3.63, 3.8) is 0 Å². The Kier molecular flexibility index (Phi) is 5.26. The Labute approximate surface area is 118 Å². The van der Waals surface area contributed by atoms with Gasteiger partial charge in [-0.25, -0.2) is 0 Å². The van der Waals surface area contributed by atoms with E-state index in [1.54, 1.807) is 0 Å². The molecule has 1 fully saturated rings. The van der Waals surface area contributed by atoms with Gasteiger partial charge in [0, 0.05) is 31.4 Å². The number of nitrogens with zero attached hydrogens (tertiary/aromatic N) is 1. The van der Waals surface area contributed by atoms with Crippen LogP contribution in [-0.2, 0) is 0 Å². The maximum Gasteiger partial charge on any atom is 0.0340 e. The van der Waals surface area contributed by atoms with Crippen molar-refractivity contribution in [2.24, 2.45) is 11.8 Å². The predicted octanol–water partition coefficient (Wildman–Crippen LogP) is 3.86. The van der Waals surface area contributed by atoms with E-state index < -0.39 is 0 Å². The Morgan fingerprint density at radius 1 is 1.16 bits per heavy atom. The van der Waals surface area contributed by atoms with Crippen LogP contribution in [0.5, 0.6) is 0 Å². The fourth-order valence-electron chi connectivity index (χ4n) is 3.20. The van der Waals surface area contributed by atoms with E-state index in [0.717, 1.165) is 24.4 Å². The Hall–Kier alpha value is -1.02. The third-order valence-corrected chi connectivity index (χ3v) is 4.44. The number of benzene rings is 1. The molecule has 0 amide bonds. The average molecular weight is 260 g/mol. The normalized spacial score (nSPS) is 28.3. The molecule has 0 radical (unpaired) electrons. The predicted molar refractivity (Wildman–Crippen MR) is 83.5 cm³/mol. The minimum atomic E-state index is 0.743. The van der Waals surface area contributed by atoms with Crippen LogP contribution in [0.15, 0.2) is 30.3 Å². The lowest BCUT2D eigenvalue weighted by molar-refractivity contribution is 0.0796. The number of hydrogen-bond acceptors (Lipinski definition) is 2. The molecule has 2 heteroatoms. The van der Waals surface area contributed by atoms with Gasteiger partial charge in [-0.05, 0) is 43.7 Å². The highest BCUT2D eigenvalue weighted by atomic mass is 15.2. The number of nitrogens with one attached hydrogen (secondary N) is 1. The van der Waals surface area contributed by atoms with Crippen molar-refractivity contribution < 1.29 is 0 Å². The second-order valence-electron chi connectivity index (χ2n) is 6.20. The van der Waals surface area contributed by atoms with Gasteiger partial charge in [0.2, 0.25) is 0 Å². The summed E-state index contributed by atoms with van der Waals surface area (Å²) in [4.78, 5) is 2.67. The van der Waals surface area contributed by atoms with Gasteiger partial charge in [0.25, 0.3) is 0 Å². The number of anilines is 1. The summed E-state index contributed by atoms with van der Waals surface area (Å²) in [5, 5.41) is 3.49. The summed E-state index contributed by atoms with van der Waals surface area (Å²) in [5.41, 5.74) is 1.23. The van der Waals surface area contributed by atoms with Gasteiger partial charge >= 0.3 is 0 Å².